The van der Waals surface area contributed by atoms with Crippen molar-refractivity contribution in [2.45, 2.75) is 53.9 Å². The molecular formula is C16H31NO2. The van der Waals surface area contributed by atoms with Gasteiger partial charge in [-0.15, -0.1) is 0 Å². The molecule has 0 aromatic rings. The Kier molecular flexibility index (Phi) is 9.80. The standard InChI is InChI=1S/C16H31NO2/c1-7-15(13-19-11-9-8-10-18-6)17-12-14(2)16(3,4)5/h12H,7-11,13H2,1-6H3/b14-12+,17-15?. The van der Waals surface area contributed by atoms with Crippen LogP contribution in [0.25, 0.3) is 0 Å². The fourth-order valence-corrected chi connectivity index (χ4v) is 1.25. The van der Waals surface area contributed by atoms with Gasteiger partial charge in [0.2, 0.25) is 0 Å². The van der Waals surface area contributed by atoms with E-state index in [1.54, 1.807) is 7.11 Å². The van der Waals surface area contributed by atoms with E-state index >= 15 is 0 Å². The summed E-state index contributed by atoms with van der Waals surface area (Å²) in [6.07, 6.45) is 5.01. The van der Waals surface area contributed by atoms with Crippen molar-refractivity contribution in [2.75, 3.05) is 26.9 Å². The maximum Gasteiger partial charge on any atom is 0.0848 e. The lowest BCUT2D eigenvalue weighted by molar-refractivity contribution is 0.145. The highest BCUT2D eigenvalue weighted by molar-refractivity contribution is 5.85. The molecule has 0 aromatic heterocycles. The lowest BCUT2D eigenvalue weighted by Crippen LogP contribution is -2.10. The van der Waals surface area contributed by atoms with Crippen LogP contribution in [0.3, 0.4) is 0 Å². The van der Waals surface area contributed by atoms with Crippen LogP contribution in [0.15, 0.2) is 16.8 Å². The minimum Gasteiger partial charge on any atom is -0.385 e. The average Bonchev–Trinajstić information content (AvgIpc) is 2.35. The fourth-order valence-electron chi connectivity index (χ4n) is 1.25. The summed E-state index contributed by atoms with van der Waals surface area (Å²) in [6, 6.07) is 0. The zero-order chi connectivity index (χ0) is 14.7. The van der Waals surface area contributed by atoms with E-state index in [1.165, 1.54) is 5.57 Å². The number of allylic oxidation sites excluding steroid dienone is 1. The van der Waals surface area contributed by atoms with Crippen LogP contribution in [0.5, 0.6) is 0 Å². The maximum absolute atomic E-state index is 5.64. The van der Waals surface area contributed by atoms with Crippen molar-refractivity contribution < 1.29 is 9.47 Å². The second-order valence-electron chi connectivity index (χ2n) is 5.86. The van der Waals surface area contributed by atoms with Crippen molar-refractivity contribution in [1.82, 2.24) is 0 Å². The molecule has 0 N–H and O–H groups in total. The molecular weight excluding hydrogens is 238 g/mol. The molecule has 3 heteroatoms. The Balaban J connectivity index is 4.07. The van der Waals surface area contributed by atoms with Crippen molar-refractivity contribution in [2.24, 2.45) is 10.4 Å². The lowest BCUT2D eigenvalue weighted by Gasteiger charge is -2.18. The van der Waals surface area contributed by atoms with Crippen molar-refractivity contribution in [3.63, 3.8) is 0 Å². The van der Waals surface area contributed by atoms with Gasteiger partial charge >= 0.3 is 0 Å². The normalized spacial score (nSPS) is 14.0. The van der Waals surface area contributed by atoms with E-state index in [0.29, 0.717) is 6.61 Å². The van der Waals surface area contributed by atoms with Gasteiger partial charge in [-0.05, 0) is 37.2 Å². The number of unbranched alkanes of at least 4 members (excludes halogenated alkanes) is 1. The highest BCUT2D eigenvalue weighted by Gasteiger charge is 2.11. The number of rotatable bonds is 9. The van der Waals surface area contributed by atoms with E-state index < -0.39 is 0 Å². The summed E-state index contributed by atoms with van der Waals surface area (Å²) in [7, 11) is 1.73. The van der Waals surface area contributed by atoms with E-state index in [4.69, 9.17) is 9.47 Å². The highest BCUT2D eigenvalue weighted by Crippen LogP contribution is 2.24. The molecule has 0 rings (SSSR count). The lowest BCUT2D eigenvalue weighted by atomic mass is 9.88. The molecule has 0 saturated heterocycles. The molecule has 0 aromatic carbocycles. The third-order valence-corrected chi connectivity index (χ3v) is 3.19. The zero-order valence-corrected chi connectivity index (χ0v) is 13.6. The monoisotopic (exact) mass is 269 g/mol. The van der Waals surface area contributed by atoms with Crippen LogP contribution in [0, 0.1) is 5.41 Å². The third kappa shape index (κ3) is 9.85. The molecule has 0 aliphatic heterocycles. The van der Waals surface area contributed by atoms with Gasteiger partial charge in [-0.3, -0.25) is 4.99 Å². The second-order valence-corrected chi connectivity index (χ2v) is 5.86. The van der Waals surface area contributed by atoms with Gasteiger partial charge in [-0.1, -0.05) is 27.7 Å². The molecule has 19 heavy (non-hydrogen) atoms. The van der Waals surface area contributed by atoms with Gasteiger partial charge in [0.1, 0.15) is 0 Å². The maximum atomic E-state index is 5.64. The average molecular weight is 269 g/mol. The summed E-state index contributed by atoms with van der Waals surface area (Å²) in [5.41, 5.74) is 2.58. The summed E-state index contributed by atoms with van der Waals surface area (Å²) in [6.45, 7) is 13.1. The minimum atomic E-state index is 0.184. The molecule has 0 atom stereocenters. The summed E-state index contributed by atoms with van der Waals surface area (Å²) in [4.78, 5) is 4.55. The Bertz CT molecular complexity index is 288. The Morgan fingerprint density at radius 3 is 2.32 bits per heavy atom. The zero-order valence-electron chi connectivity index (χ0n) is 13.6. The molecule has 0 aliphatic rings. The van der Waals surface area contributed by atoms with Crippen molar-refractivity contribution in [3.05, 3.63) is 11.8 Å². The minimum absolute atomic E-state index is 0.184. The first-order valence-corrected chi connectivity index (χ1v) is 7.21. The Morgan fingerprint density at radius 2 is 1.79 bits per heavy atom. The van der Waals surface area contributed by atoms with Crippen molar-refractivity contribution in [1.29, 1.82) is 0 Å². The Labute approximate surface area is 119 Å². The summed E-state index contributed by atoms with van der Waals surface area (Å²) >= 11 is 0. The van der Waals surface area contributed by atoms with Gasteiger partial charge in [-0.2, -0.15) is 0 Å². The van der Waals surface area contributed by atoms with Gasteiger partial charge in [0.25, 0.3) is 0 Å². The van der Waals surface area contributed by atoms with Gasteiger partial charge < -0.3 is 9.47 Å². The molecule has 0 bridgehead atoms. The first kappa shape index (κ1) is 18.3. The molecule has 0 amide bonds. The van der Waals surface area contributed by atoms with E-state index in [9.17, 15) is 0 Å². The molecule has 0 spiro atoms. The molecule has 0 radical (unpaired) electrons. The van der Waals surface area contributed by atoms with Crippen LogP contribution in [0.2, 0.25) is 0 Å². The Hall–Kier alpha value is -0.670. The molecule has 0 fully saturated rings. The van der Waals surface area contributed by atoms with E-state index in [-0.39, 0.29) is 5.41 Å². The topological polar surface area (TPSA) is 30.8 Å². The SMILES string of the molecule is CCC(COCCCCOC)=N/C=C(\C)C(C)(C)C. The highest BCUT2D eigenvalue weighted by atomic mass is 16.5. The third-order valence-electron chi connectivity index (χ3n) is 3.19. The summed E-state index contributed by atoms with van der Waals surface area (Å²) in [5, 5.41) is 0. The largest absolute Gasteiger partial charge is 0.385 e. The van der Waals surface area contributed by atoms with Gasteiger partial charge in [0.15, 0.2) is 0 Å². The number of aliphatic imine (C=N–C) groups is 1. The molecule has 0 heterocycles. The van der Waals surface area contributed by atoms with E-state index in [0.717, 1.165) is 38.2 Å². The molecule has 0 aliphatic carbocycles. The number of ether oxygens (including phenoxy) is 2. The molecule has 0 unspecified atom stereocenters. The number of hydrogen-bond donors (Lipinski definition) is 0. The predicted molar refractivity (Wildman–Crippen MR) is 82.9 cm³/mol. The van der Waals surface area contributed by atoms with Gasteiger partial charge in [0, 0.05) is 32.2 Å². The predicted octanol–water partition coefficient (Wildman–Crippen LogP) is 4.23. The van der Waals surface area contributed by atoms with Crippen LogP contribution in [0.4, 0.5) is 0 Å². The Morgan fingerprint density at radius 1 is 1.16 bits per heavy atom. The van der Waals surface area contributed by atoms with E-state index in [2.05, 4.69) is 39.6 Å². The van der Waals surface area contributed by atoms with Crippen LogP contribution in [0.1, 0.15) is 53.9 Å². The van der Waals surface area contributed by atoms with Gasteiger partial charge in [0.05, 0.1) is 6.61 Å². The van der Waals surface area contributed by atoms with Crippen LogP contribution >= 0.6 is 0 Å². The smallest absolute Gasteiger partial charge is 0.0848 e. The van der Waals surface area contributed by atoms with Gasteiger partial charge in [-0.25, -0.2) is 0 Å². The van der Waals surface area contributed by atoms with Crippen LogP contribution < -0.4 is 0 Å². The number of nitrogens with zero attached hydrogens (tertiary/aromatic N) is 1. The molecule has 0 saturated carbocycles. The number of hydrogen-bond acceptors (Lipinski definition) is 3. The van der Waals surface area contributed by atoms with Crippen LogP contribution in [-0.2, 0) is 9.47 Å². The van der Waals surface area contributed by atoms with Crippen molar-refractivity contribution in [3.8, 4) is 0 Å². The van der Waals surface area contributed by atoms with Crippen LogP contribution in [-0.4, -0.2) is 32.6 Å². The molecule has 3 nitrogen and oxygen atoms in total. The summed E-state index contributed by atoms with van der Waals surface area (Å²) < 4.78 is 10.6. The second kappa shape index (κ2) is 10.2. The molecule has 112 valence electrons. The van der Waals surface area contributed by atoms with Crippen molar-refractivity contribution >= 4 is 5.71 Å². The quantitative estimate of drug-likeness (QED) is 0.463. The fraction of sp³-hybridized carbons (Fsp3) is 0.812. The first-order valence-electron chi connectivity index (χ1n) is 7.21. The number of methoxy groups -OCH3 is 1. The van der Waals surface area contributed by atoms with E-state index in [1.807, 2.05) is 6.20 Å². The first-order chi connectivity index (χ1) is 8.91. The summed E-state index contributed by atoms with van der Waals surface area (Å²) in [5.74, 6) is 0.